The zero-order valence-electron chi connectivity index (χ0n) is 9.76. The van der Waals surface area contributed by atoms with E-state index in [0.717, 1.165) is 31.0 Å². The first-order valence-corrected chi connectivity index (χ1v) is 5.89. The molecule has 1 fully saturated rings. The van der Waals surface area contributed by atoms with Crippen LogP contribution < -0.4 is 5.32 Å². The van der Waals surface area contributed by atoms with Crippen molar-refractivity contribution < 1.29 is 4.74 Å². The molecule has 1 atom stereocenters. The summed E-state index contributed by atoms with van der Waals surface area (Å²) in [6, 6.07) is 0.0792. The van der Waals surface area contributed by atoms with E-state index < -0.39 is 0 Å². The number of nitrogens with one attached hydrogen (secondary N) is 1. The van der Waals surface area contributed by atoms with E-state index >= 15 is 0 Å². The minimum absolute atomic E-state index is 0.0792. The van der Waals surface area contributed by atoms with Gasteiger partial charge in [-0.05, 0) is 12.0 Å². The third kappa shape index (κ3) is 2.01. The predicted molar refractivity (Wildman–Crippen MR) is 61.7 cm³/mol. The van der Waals surface area contributed by atoms with Gasteiger partial charge in [-0.1, -0.05) is 6.92 Å². The van der Waals surface area contributed by atoms with Crippen molar-refractivity contribution in [3.63, 3.8) is 0 Å². The minimum Gasteiger partial charge on any atom is -0.378 e. The quantitative estimate of drug-likeness (QED) is 0.810. The first-order valence-electron chi connectivity index (χ1n) is 5.89. The summed E-state index contributed by atoms with van der Waals surface area (Å²) >= 11 is 0. The second-order valence-corrected chi connectivity index (χ2v) is 4.11. The van der Waals surface area contributed by atoms with Gasteiger partial charge in [0.2, 0.25) is 0 Å². The Balaban J connectivity index is 1.95. The van der Waals surface area contributed by atoms with Crippen molar-refractivity contribution in [1.29, 1.82) is 0 Å². The van der Waals surface area contributed by atoms with Crippen LogP contribution in [0.4, 0.5) is 0 Å². The van der Waals surface area contributed by atoms with E-state index in [9.17, 15) is 0 Å². The van der Waals surface area contributed by atoms with Gasteiger partial charge < -0.3 is 10.1 Å². The molecule has 1 aliphatic heterocycles. The van der Waals surface area contributed by atoms with Gasteiger partial charge in [0, 0.05) is 18.9 Å². The molecule has 0 spiro atoms. The molecule has 1 aliphatic rings. The number of ether oxygens (including phenoxy) is 1. The van der Waals surface area contributed by atoms with Crippen LogP contribution in [0.5, 0.6) is 0 Å². The van der Waals surface area contributed by atoms with Gasteiger partial charge >= 0.3 is 0 Å². The molecule has 0 radical (unpaired) electrons. The van der Waals surface area contributed by atoms with Gasteiger partial charge in [0.15, 0.2) is 5.82 Å². The first kappa shape index (κ1) is 10.6. The Bertz CT molecular complexity index is 518. The highest BCUT2D eigenvalue weighted by atomic mass is 16.5. The molecule has 90 valence electrons. The highest BCUT2D eigenvalue weighted by Crippen LogP contribution is 2.12. The lowest BCUT2D eigenvalue weighted by atomic mass is 10.3. The molecule has 3 rings (SSSR count). The van der Waals surface area contributed by atoms with Gasteiger partial charge in [-0.3, -0.25) is 0 Å². The summed E-state index contributed by atoms with van der Waals surface area (Å²) in [4.78, 5) is 8.70. The van der Waals surface area contributed by atoms with Crippen LogP contribution in [0, 0.1) is 0 Å². The van der Waals surface area contributed by atoms with Crippen molar-refractivity contribution >= 4 is 5.78 Å². The number of hydrogen-bond donors (Lipinski definition) is 1. The fourth-order valence-electron chi connectivity index (χ4n) is 1.90. The summed E-state index contributed by atoms with van der Waals surface area (Å²) in [6.45, 7) is 4.31. The van der Waals surface area contributed by atoms with Gasteiger partial charge in [0.25, 0.3) is 5.78 Å². The third-order valence-corrected chi connectivity index (χ3v) is 2.91. The standard InChI is InChI=1S/C11H15N5O/c1-2-8-5-13-11-14-10(15-16(11)6-8)9-7-17-4-3-12-9/h5-6,9,12H,2-4,7H2,1H3. The van der Waals surface area contributed by atoms with Crippen LogP contribution in [-0.4, -0.2) is 39.3 Å². The zero-order chi connectivity index (χ0) is 11.7. The van der Waals surface area contributed by atoms with Crippen molar-refractivity contribution in [1.82, 2.24) is 24.9 Å². The SMILES string of the molecule is CCc1cnc2nc(C3COCCN3)nn2c1. The molecule has 2 aromatic heterocycles. The lowest BCUT2D eigenvalue weighted by Crippen LogP contribution is -2.35. The van der Waals surface area contributed by atoms with E-state index in [1.807, 2.05) is 12.4 Å². The highest BCUT2D eigenvalue weighted by molar-refractivity contribution is 5.28. The fourth-order valence-corrected chi connectivity index (χ4v) is 1.90. The van der Waals surface area contributed by atoms with E-state index in [0.29, 0.717) is 12.4 Å². The fraction of sp³-hybridized carbons (Fsp3) is 0.545. The van der Waals surface area contributed by atoms with Gasteiger partial charge in [0.1, 0.15) is 0 Å². The normalized spacial score (nSPS) is 20.9. The molecule has 0 bridgehead atoms. The summed E-state index contributed by atoms with van der Waals surface area (Å²) in [6.07, 6.45) is 4.77. The number of aryl methyl sites for hydroxylation is 1. The summed E-state index contributed by atoms with van der Waals surface area (Å²) in [5.74, 6) is 1.40. The van der Waals surface area contributed by atoms with E-state index in [2.05, 4.69) is 27.3 Å². The Morgan fingerprint density at radius 1 is 1.59 bits per heavy atom. The van der Waals surface area contributed by atoms with Crippen LogP contribution >= 0.6 is 0 Å². The largest absolute Gasteiger partial charge is 0.378 e. The average Bonchev–Trinajstić information content (AvgIpc) is 2.82. The minimum atomic E-state index is 0.0792. The Morgan fingerprint density at radius 2 is 2.53 bits per heavy atom. The molecule has 1 unspecified atom stereocenters. The van der Waals surface area contributed by atoms with E-state index in [4.69, 9.17) is 4.74 Å². The molecule has 6 heteroatoms. The van der Waals surface area contributed by atoms with Crippen LogP contribution in [0.2, 0.25) is 0 Å². The van der Waals surface area contributed by atoms with E-state index in [1.165, 1.54) is 0 Å². The van der Waals surface area contributed by atoms with Crippen LogP contribution in [0.1, 0.15) is 24.4 Å². The monoisotopic (exact) mass is 233 g/mol. The van der Waals surface area contributed by atoms with E-state index in [-0.39, 0.29) is 6.04 Å². The average molecular weight is 233 g/mol. The van der Waals surface area contributed by atoms with Gasteiger partial charge in [-0.2, -0.15) is 4.98 Å². The predicted octanol–water partition coefficient (Wildman–Crippen LogP) is 0.348. The van der Waals surface area contributed by atoms with Crippen molar-refractivity contribution in [2.24, 2.45) is 0 Å². The van der Waals surface area contributed by atoms with Crippen LogP contribution in [0.25, 0.3) is 5.78 Å². The Labute approximate surface area is 99.0 Å². The van der Waals surface area contributed by atoms with Gasteiger partial charge in [-0.15, -0.1) is 5.10 Å². The third-order valence-electron chi connectivity index (χ3n) is 2.91. The number of rotatable bonds is 2. The Hall–Kier alpha value is -1.53. The second kappa shape index (κ2) is 4.38. The van der Waals surface area contributed by atoms with Crippen molar-refractivity contribution in [3.05, 3.63) is 23.8 Å². The maximum absolute atomic E-state index is 5.41. The van der Waals surface area contributed by atoms with E-state index in [1.54, 1.807) is 4.52 Å². The number of hydrogen-bond acceptors (Lipinski definition) is 5. The molecule has 2 aromatic rings. The smallest absolute Gasteiger partial charge is 0.252 e. The number of aromatic nitrogens is 4. The Kier molecular flexibility index (Phi) is 2.74. The van der Waals surface area contributed by atoms with Crippen molar-refractivity contribution in [2.75, 3.05) is 19.8 Å². The topological polar surface area (TPSA) is 64.3 Å². The van der Waals surface area contributed by atoms with Crippen molar-refractivity contribution in [3.8, 4) is 0 Å². The molecule has 1 saturated heterocycles. The highest BCUT2D eigenvalue weighted by Gasteiger charge is 2.20. The molecule has 0 amide bonds. The molecule has 0 aliphatic carbocycles. The first-order chi connectivity index (χ1) is 8.36. The molecule has 0 saturated carbocycles. The number of nitrogens with zero attached hydrogens (tertiary/aromatic N) is 4. The summed E-state index contributed by atoms with van der Waals surface area (Å²) in [5, 5.41) is 7.78. The maximum Gasteiger partial charge on any atom is 0.252 e. The van der Waals surface area contributed by atoms with Gasteiger partial charge in [-0.25, -0.2) is 9.50 Å². The molecule has 0 aromatic carbocycles. The zero-order valence-corrected chi connectivity index (χ0v) is 9.76. The van der Waals surface area contributed by atoms with Gasteiger partial charge in [0.05, 0.1) is 19.3 Å². The lowest BCUT2D eigenvalue weighted by molar-refractivity contribution is 0.0743. The summed E-state index contributed by atoms with van der Waals surface area (Å²) in [5.41, 5.74) is 1.15. The van der Waals surface area contributed by atoms with Crippen LogP contribution in [0.3, 0.4) is 0 Å². The second-order valence-electron chi connectivity index (χ2n) is 4.11. The number of fused-ring (bicyclic) bond motifs is 1. The molecule has 1 N–H and O–H groups in total. The summed E-state index contributed by atoms with van der Waals surface area (Å²) in [7, 11) is 0. The molecular formula is C11H15N5O. The van der Waals surface area contributed by atoms with Crippen LogP contribution in [-0.2, 0) is 11.2 Å². The Morgan fingerprint density at radius 3 is 3.29 bits per heavy atom. The van der Waals surface area contributed by atoms with Crippen LogP contribution in [0.15, 0.2) is 12.4 Å². The maximum atomic E-state index is 5.41. The molecule has 17 heavy (non-hydrogen) atoms. The van der Waals surface area contributed by atoms with Crippen molar-refractivity contribution in [2.45, 2.75) is 19.4 Å². The summed E-state index contributed by atoms with van der Waals surface area (Å²) < 4.78 is 7.15. The molecule has 6 nitrogen and oxygen atoms in total. The molecular weight excluding hydrogens is 218 g/mol. The lowest BCUT2D eigenvalue weighted by Gasteiger charge is -2.20. The number of morpholine rings is 1. The molecule has 3 heterocycles.